The molecule has 0 saturated carbocycles. The van der Waals surface area contributed by atoms with E-state index < -0.39 is 0 Å². The number of carbonyl (C=O) groups is 1. The van der Waals surface area contributed by atoms with Crippen molar-refractivity contribution in [2.45, 2.75) is 19.9 Å². The van der Waals surface area contributed by atoms with Gasteiger partial charge in [0.05, 0.1) is 0 Å². The SMILES string of the molecule is CC(=O)N1CCSCC1C. The summed E-state index contributed by atoms with van der Waals surface area (Å²) in [6.45, 7) is 4.68. The van der Waals surface area contributed by atoms with Crippen LogP contribution in [0, 0.1) is 0 Å². The molecule has 0 spiro atoms. The van der Waals surface area contributed by atoms with Gasteiger partial charge < -0.3 is 4.90 Å². The van der Waals surface area contributed by atoms with E-state index in [0.29, 0.717) is 6.04 Å². The first-order valence-corrected chi connectivity index (χ1v) is 4.72. The van der Waals surface area contributed by atoms with Crippen molar-refractivity contribution in [2.75, 3.05) is 18.1 Å². The first-order chi connectivity index (χ1) is 4.72. The molecule has 0 N–H and O–H groups in total. The molecule has 1 aliphatic heterocycles. The second-order valence-electron chi connectivity index (χ2n) is 2.64. The Morgan fingerprint density at radius 2 is 2.40 bits per heavy atom. The molecule has 2 nitrogen and oxygen atoms in total. The largest absolute Gasteiger partial charge is 0.339 e. The van der Waals surface area contributed by atoms with Crippen molar-refractivity contribution in [1.29, 1.82) is 0 Å². The van der Waals surface area contributed by atoms with Gasteiger partial charge in [-0.1, -0.05) is 0 Å². The summed E-state index contributed by atoms with van der Waals surface area (Å²) in [5, 5.41) is 0. The van der Waals surface area contributed by atoms with Crippen molar-refractivity contribution in [3.8, 4) is 0 Å². The van der Waals surface area contributed by atoms with Crippen LogP contribution in [0.15, 0.2) is 0 Å². The van der Waals surface area contributed by atoms with Gasteiger partial charge in [-0.05, 0) is 6.92 Å². The molecular weight excluding hydrogens is 146 g/mol. The molecule has 1 amide bonds. The van der Waals surface area contributed by atoms with Gasteiger partial charge in [0.1, 0.15) is 0 Å². The van der Waals surface area contributed by atoms with Gasteiger partial charge in [0.15, 0.2) is 0 Å². The molecule has 1 saturated heterocycles. The topological polar surface area (TPSA) is 20.3 Å². The summed E-state index contributed by atoms with van der Waals surface area (Å²) in [6, 6.07) is 0.441. The Labute approximate surface area is 66.0 Å². The van der Waals surface area contributed by atoms with Crippen LogP contribution in [-0.4, -0.2) is 34.9 Å². The van der Waals surface area contributed by atoms with Crippen LogP contribution in [0.2, 0.25) is 0 Å². The zero-order valence-electron chi connectivity index (χ0n) is 6.46. The maximum Gasteiger partial charge on any atom is 0.219 e. The molecular formula is C7H13NOS. The van der Waals surface area contributed by atoms with E-state index in [2.05, 4.69) is 6.92 Å². The Morgan fingerprint density at radius 3 is 2.80 bits per heavy atom. The van der Waals surface area contributed by atoms with Crippen LogP contribution in [0.5, 0.6) is 0 Å². The summed E-state index contributed by atoms with van der Waals surface area (Å²) < 4.78 is 0. The highest BCUT2D eigenvalue weighted by Crippen LogP contribution is 2.15. The first-order valence-electron chi connectivity index (χ1n) is 3.57. The number of nitrogens with zero attached hydrogens (tertiary/aromatic N) is 1. The second kappa shape index (κ2) is 3.28. The quantitative estimate of drug-likeness (QED) is 0.525. The van der Waals surface area contributed by atoms with Crippen molar-refractivity contribution in [2.24, 2.45) is 0 Å². The highest BCUT2D eigenvalue weighted by molar-refractivity contribution is 7.99. The van der Waals surface area contributed by atoms with E-state index in [1.54, 1.807) is 6.92 Å². The standard InChI is InChI=1S/C7H13NOS/c1-6-5-10-4-3-8(6)7(2)9/h6H,3-5H2,1-2H3. The highest BCUT2D eigenvalue weighted by atomic mass is 32.2. The smallest absolute Gasteiger partial charge is 0.219 e. The molecule has 58 valence electrons. The molecule has 1 unspecified atom stereocenters. The highest BCUT2D eigenvalue weighted by Gasteiger charge is 2.19. The Bertz CT molecular complexity index is 138. The zero-order valence-corrected chi connectivity index (χ0v) is 7.28. The third-order valence-corrected chi connectivity index (χ3v) is 2.96. The predicted octanol–water partition coefficient (Wildman–Crippen LogP) is 0.970. The lowest BCUT2D eigenvalue weighted by atomic mass is 10.3. The van der Waals surface area contributed by atoms with E-state index in [1.807, 2.05) is 16.7 Å². The maximum absolute atomic E-state index is 10.9. The third-order valence-electron chi connectivity index (χ3n) is 1.77. The Morgan fingerprint density at radius 1 is 1.70 bits per heavy atom. The van der Waals surface area contributed by atoms with Crippen LogP contribution < -0.4 is 0 Å². The average molecular weight is 159 g/mol. The molecule has 1 heterocycles. The van der Waals surface area contributed by atoms with E-state index >= 15 is 0 Å². The summed E-state index contributed by atoms with van der Waals surface area (Å²) in [5.41, 5.74) is 0. The summed E-state index contributed by atoms with van der Waals surface area (Å²) in [6.07, 6.45) is 0. The molecule has 1 rings (SSSR count). The van der Waals surface area contributed by atoms with Crippen molar-refractivity contribution in [1.82, 2.24) is 4.90 Å². The number of thioether (sulfide) groups is 1. The van der Waals surface area contributed by atoms with Gasteiger partial charge in [-0.3, -0.25) is 4.79 Å². The first kappa shape index (κ1) is 7.92. The van der Waals surface area contributed by atoms with Crippen LogP contribution in [0.1, 0.15) is 13.8 Å². The normalized spacial score (nSPS) is 26.6. The third kappa shape index (κ3) is 1.66. The second-order valence-corrected chi connectivity index (χ2v) is 3.79. The molecule has 0 bridgehead atoms. The minimum atomic E-state index is 0.216. The van der Waals surface area contributed by atoms with Crippen molar-refractivity contribution >= 4 is 17.7 Å². The number of rotatable bonds is 0. The van der Waals surface area contributed by atoms with Gasteiger partial charge >= 0.3 is 0 Å². The molecule has 1 aliphatic rings. The van der Waals surface area contributed by atoms with Gasteiger partial charge in [0.25, 0.3) is 0 Å². The molecule has 0 aromatic carbocycles. The molecule has 3 heteroatoms. The lowest BCUT2D eigenvalue weighted by Crippen LogP contribution is -2.43. The minimum absolute atomic E-state index is 0.216. The predicted molar refractivity (Wildman–Crippen MR) is 44.2 cm³/mol. The molecule has 10 heavy (non-hydrogen) atoms. The van der Waals surface area contributed by atoms with E-state index in [9.17, 15) is 4.79 Å². The van der Waals surface area contributed by atoms with Crippen molar-refractivity contribution in [3.05, 3.63) is 0 Å². The molecule has 1 atom stereocenters. The van der Waals surface area contributed by atoms with Crippen molar-refractivity contribution < 1.29 is 4.79 Å². The van der Waals surface area contributed by atoms with Gasteiger partial charge in [-0.2, -0.15) is 11.8 Å². The molecule has 0 radical (unpaired) electrons. The monoisotopic (exact) mass is 159 g/mol. The fourth-order valence-electron chi connectivity index (χ4n) is 1.19. The number of carbonyl (C=O) groups excluding carboxylic acids is 1. The number of hydrogen-bond donors (Lipinski definition) is 0. The fourth-order valence-corrected chi connectivity index (χ4v) is 2.21. The van der Waals surface area contributed by atoms with Gasteiger partial charge in [0, 0.05) is 31.0 Å². The molecule has 0 aliphatic carbocycles. The summed E-state index contributed by atoms with van der Waals surface area (Å²) >= 11 is 1.93. The van der Waals surface area contributed by atoms with Gasteiger partial charge in [-0.25, -0.2) is 0 Å². The zero-order chi connectivity index (χ0) is 7.56. The summed E-state index contributed by atoms with van der Waals surface area (Å²) in [5.74, 6) is 2.41. The van der Waals surface area contributed by atoms with Crippen LogP contribution in [0.25, 0.3) is 0 Å². The lowest BCUT2D eigenvalue weighted by Gasteiger charge is -2.31. The Kier molecular flexibility index (Phi) is 2.60. The molecule has 1 fully saturated rings. The number of amides is 1. The van der Waals surface area contributed by atoms with E-state index in [0.717, 1.165) is 18.1 Å². The minimum Gasteiger partial charge on any atom is -0.339 e. The van der Waals surface area contributed by atoms with E-state index in [-0.39, 0.29) is 5.91 Å². The van der Waals surface area contributed by atoms with E-state index in [1.165, 1.54) is 0 Å². The van der Waals surface area contributed by atoms with Crippen molar-refractivity contribution in [3.63, 3.8) is 0 Å². The van der Waals surface area contributed by atoms with Gasteiger partial charge in [-0.15, -0.1) is 0 Å². The lowest BCUT2D eigenvalue weighted by molar-refractivity contribution is -0.130. The van der Waals surface area contributed by atoms with Crippen LogP contribution >= 0.6 is 11.8 Å². The Balaban J connectivity index is 2.47. The van der Waals surface area contributed by atoms with E-state index in [4.69, 9.17) is 0 Å². The average Bonchev–Trinajstić information content (AvgIpc) is 1.88. The Hall–Kier alpha value is -0.180. The molecule has 0 aromatic heterocycles. The summed E-state index contributed by atoms with van der Waals surface area (Å²) in [4.78, 5) is 12.9. The fraction of sp³-hybridized carbons (Fsp3) is 0.857. The maximum atomic E-state index is 10.9. The summed E-state index contributed by atoms with van der Waals surface area (Å²) in [7, 11) is 0. The number of hydrogen-bond acceptors (Lipinski definition) is 2. The van der Waals surface area contributed by atoms with Crippen LogP contribution in [0.4, 0.5) is 0 Å². The van der Waals surface area contributed by atoms with Crippen LogP contribution in [-0.2, 0) is 4.79 Å². The van der Waals surface area contributed by atoms with Gasteiger partial charge in [0.2, 0.25) is 5.91 Å². The van der Waals surface area contributed by atoms with Crippen LogP contribution in [0.3, 0.4) is 0 Å². The molecule has 0 aromatic rings.